The van der Waals surface area contributed by atoms with Crippen LogP contribution in [0, 0.1) is 0 Å². The van der Waals surface area contributed by atoms with Crippen molar-refractivity contribution in [1.82, 2.24) is 4.57 Å². The third-order valence-electron chi connectivity index (χ3n) is 2.89. The van der Waals surface area contributed by atoms with E-state index in [0.717, 1.165) is 5.75 Å². The van der Waals surface area contributed by atoms with E-state index >= 15 is 0 Å². The second-order valence-corrected chi connectivity index (χ2v) is 4.36. The lowest BCUT2D eigenvalue weighted by Gasteiger charge is -2.09. The zero-order chi connectivity index (χ0) is 14.5. The maximum absolute atomic E-state index is 12.2. The number of anilines is 2. The Morgan fingerprint density at radius 1 is 1.35 bits per heavy atom. The van der Waals surface area contributed by atoms with E-state index in [2.05, 4.69) is 5.32 Å². The fraction of sp³-hybridized carbons (Fsp3) is 0.267. The highest BCUT2D eigenvalue weighted by Gasteiger charge is 2.12. The summed E-state index contributed by atoms with van der Waals surface area (Å²) in [6, 6.07) is 8.98. The molecule has 1 aromatic heterocycles. The maximum atomic E-state index is 12.2. The van der Waals surface area contributed by atoms with Gasteiger partial charge in [-0.05, 0) is 32.0 Å². The van der Waals surface area contributed by atoms with Crippen molar-refractivity contribution >= 4 is 17.3 Å². The molecule has 0 saturated heterocycles. The minimum atomic E-state index is -0.183. The standard InChI is InChI=1S/C15H19N3O2/c1-3-18-10-11(16)8-14(18)15(19)17-12-6-5-7-13(9-12)20-4-2/h5-10H,3-4,16H2,1-2H3,(H,17,19). The number of benzene rings is 1. The molecule has 0 fully saturated rings. The third kappa shape index (κ3) is 3.12. The summed E-state index contributed by atoms with van der Waals surface area (Å²) in [6.45, 7) is 5.17. The maximum Gasteiger partial charge on any atom is 0.272 e. The first-order valence-corrected chi connectivity index (χ1v) is 6.64. The number of nitrogen functional groups attached to an aromatic ring is 1. The molecule has 20 heavy (non-hydrogen) atoms. The summed E-state index contributed by atoms with van der Waals surface area (Å²) >= 11 is 0. The monoisotopic (exact) mass is 273 g/mol. The molecule has 0 saturated carbocycles. The molecule has 106 valence electrons. The second kappa shape index (κ2) is 6.14. The molecule has 1 aromatic carbocycles. The summed E-state index contributed by atoms with van der Waals surface area (Å²) in [4.78, 5) is 12.2. The van der Waals surface area contributed by atoms with Gasteiger partial charge >= 0.3 is 0 Å². The van der Waals surface area contributed by atoms with Gasteiger partial charge in [0, 0.05) is 24.5 Å². The van der Waals surface area contributed by atoms with Gasteiger partial charge in [-0.2, -0.15) is 0 Å². The van der Waals surface area contributed by atoms with Crippen LogP contribution in [-0.4, -0.2) is 17.1 Å². The van der Waals surface area contributed by atoms with Crippen molar-refractivity contribution in [3.05, 3.63) is 42.2 Å². The highest BCUT2D eigenvalue weighted by Crippen LogP contribution is 2.19. The number of hydrogen-bond donors (Lipinski definition) is 2. The number of ether oxygens (including phenoxy) is 1. The van der Waals surface area contributed by atoms with E-state index < -0.39 is 0 Å². The summed E-state index contributed by atoms with van der Waals surface area (Å²) in [7, 11) is 0. The van der Waals surface area contributed by atoms with Gasteiger partial charge in [0.1, 0.15) is 11.4 Å². The van der Waals surface area contributed by atoms with Crippen molar-refractivity contribution < 1.29 is 9.53 Å². The number of aromatic nitrogens is 1. The topological polar surface area (TPSA) is 69.3 Å². The number of nitrogens with two attached hydrogens (primary N) is 1. The van der Waals surface area contributed by atoms with Gasteiger partial charge in [-0.1, -0.05) is 6.07 Å². The zero-order valence-electron chi connectivity index (χ0n) is 11.7. The second-order valence-electron chi connectivity index (χ2n) is 4.36. The highest BCUT2D eigenvalue weighted by molar-refractivity contribution is 6.03. The summed E-state index contributed by atoms with van der Waals surface area (Å²) in [5, 5.41) is 2.85. The molecule has 2 rings (SSSR count). The predicted molar refractivity (Wildman–Crippen MR) is 80.1 cm³/mol. The van der Waals surface area contributed by atoms with Crippen molar-refractivity contribution in [2.45, 2.75) is 20.4 Å². The van der Waals surface area contributed by atoms with Crippen LogP contribution in [0.5, 0.6) is 5.75 Å². The molecule has 0 aliphatic carbocycles. The summed E-state index contributed by atoms with van der Waals surface area (Å²) in [6.07, 6.45) is 1.76. The Kier molecular flexibility index (Phi) is 4.30. The molecular weight excluding hydrogens is 254 g/mol. The third-order valence-corrected chi connectivity index (χ3v) is 2.89. The number of carbonyl (C=O) groups excluding carboxylic acids is 1. The first kappa shape index (κ1) is 14.0. The molecule has 1 amide bonds. The fourth-order valence-corrected chi connectivity index (χ4v) is 2.01. The number of hydrogen-bond acceptors (Lipinski definition) is 3. The fourth-order valence-electron chi connectivity index (χ4n) is 2.01. The number of nitrogens with zero attached hydrogens (tertiary/aromatic N) is 1. The van der Waals surface area contributed by atoms with Crippen molar-refractivity contribution in [3.63, 3.8) is 0 Å². The smallest absolute Gasteiger partial charge is 0.272 e. The summed E-state index contributed by atoms with van der Waals surface area (Å²) in [5.41, 5.74) is 7.56. The number of nitrogens with one attached hydrogen (secondary N) is 1. The predicted octanol–water partition coefficient (Wildman–Crippen LogP) is 2.74. The number of rotatable bonds is 5. The van der Waals surface area contributed by atoms with Crippen molar-refractivity contribution in [2.24, 2.45) is 0 Å². The minimum absolute atomic E-state index is 0.183. The average Bonchev–Trinajstić information content (AvgIpc) is 2.81. The van der Waals surface area contributed by atoms with Gasteiger partial charge in [-0.3, -0.25) is 4.79 Å². The molecule has 0 aliphatic heterocycles. The van der Waals surface area contributed by atoms with Gasteiger partial charge in [-0.15, -0.1) is 0 Å². The van der Waals surface area contributed by atoms with Gasteiger partial charge in [0.05, 0.1) is 12.3 Å². The van der Waals surface area contributed by atoms with E-state index in [-0.39, 0.29) is 5.91 Å². The van der Waals surface area contributed by atoms with Gasteiger partial charge in [0.2, 0.25) is 0 Å². The normalized spacial score (nSPS) is 10.3. The Balaban J connectivity index is 2.16. The highest BCUT2D eigenvalue weighted by atomic mass is 16.5. The van der Waals surface area contributed by atoms with Crippen LogP contribution in [0.1, 0.15) is 24.3 Å². The SMILES string of the molecule is CCOc1cccc(NC(=O)c2cc(N)cn2CC)c1. The molecular formula is C15H19N3O2. The lowest BCUT2D eigenvalue weighted by molar-refractivity contribution is 0.101. The van der Waals surface area contributed by atoms with Crippen LogP contribution in [0.15, 0.2) is 36.5 Å². The molecule has 2 aromatic rings. The molecule has 5 nitrogen and oxygen atoms in total. The first-order chi connectivity index (χ1) is 9.63. The van der Waals surface area contributed by atoms with Gasteiger partial charge < -0.3 is 20.4 Å². The van der Waals surface area contributed by atoms with E-state index in [1.807, 2.05) is 36.6 Å². The van der Waals surface area contributed by atoms with Crippen LogP contribution < -0.4 is 15.8 Å². The number of aryl methyl sites for hydroxylation is 1. The van der Waals surface area contributed by atoms with Crippen LogP contribution in [0.4, 0.5) is 11.4 Å². The van der Waals surface area contributed by atoms with E-state index in [4.69, 9.17) is 10.5 Å². The van der Waals surface area contributed by atoms with Crippen LogP contribution >= 0.6 is 0 Å². The van der Waals surface area contributed by atoms with Crippen molar-refractivity contribution in [3.8, 4) is 5.75 Å². The van der Waals surface area contributed by atoms with Crippen molar-refractivity contribution in [2.75, 3.05) is 17.7 Å². The Morgan fingerprint density at radius 2 is 2.15 bits per heavy atom. The largest absolute Gasteiger partial charge is 0.494 e. The Labute approximate surface area is 118 Å². The quantitative estimate of drug-likeness (QED) is 0.880. The summed E-state index contributed by atoms with van der Waals surface area (Å²) < 4.78 is 7.22. The van der Waals surface area contributed by atoms with Gasteiger partial charge in [-0.25, -0.2) is 0 Å². The lowest BCUT2D eigenvalue weighted by atomic mass is 10.3. The van der Waals surface area contributed by atoms with E-state index in [0.29, 0.717) is 30.2 Å². The molecule has 1 heterocycles. The van der Waals surface area contributed by atoms with Crippen LogP contribution in [-0.2, 0) is 6.54 Å². The molecule has 0 spiro atoms. The minimum Gasteiger partial charge on any atom is -0.494 e. The van der Waals surface area contributed by atoms with E-state index in [9.17, 15) is 4.79 Å². The van der Waals surface area contributed by atoms with Crippen molar-refractivity contribution in [1.29, 1.82) is 0 Å². The van der Waals surface area contributed by atoms with Crippen LogP contribution in [0.3, 0.4) is 0 Å². The van der Waals surface area contributed by atoms with E-state index in [1.165, 1.54) is 0 Å². The zero-order valence-corrected chi connectivity index (χ0v) is 11.7. The average molecular weight is 273 g/mol. The number of carbonyl (C=O) groups is 1. The van der Waals surface area contributed by atoms with Gasteiger partial charge in [0.15, 0.2) is 0 Å². The lowest BCUT2D eigenvalue weighted by Crippen LogP contribution is -2.16. The molecule has 5 heteroatoms. The molecule has 0 bridgehead atoms. The first-order valence-electron chi connectivity index (χ1n) is 6.64. The van der Waals surface area contributed by atoms with Crippen LogP contribution in [0.25, 0.3) is 0 Å². The number of amides is 1. The Morgan fingerprint density at radius 3 is 2.85 bits per heavy atom. The summed E-state index contributed by atoms with van der Waals surface area (Å²) in [5.74, 6) is 0.549. The Hall–Kier alpha value is -2.43. The molecule has 0 atom stereocenters. The molecule has 0 unspecified atom stereocenters. The van der Waals surface area contributed by atoms with E-state index in [1.54, 1.807) is 18.3 Å². The van der Waals surface area contributed by atoms with Crippen LogP contribution in [0.2, 0.25) is 0 Å². The molecule has 0 aliphatic rings. The Bertz CT molecular complexity index is 605. The molecule has 0 radical (unpaired) electrons. The molecule has 3 N–H and O–H groups in total. The van der Waals surface area contributed by atoms with Gasteiger partial charge in [0.25, 0.3) is 5.91 Å².